The van der Waals surface area contributed by atoms with E-state index in [0.29, 0.717) is 18.8 Å². The van der Waals surface area contributed by atoms with Gasteiger partial charge < -0.3 is 20.3 Å². The molecule has 4 nitrogen and oxygen atoms in total. The van der Waals surface area contributed by atoms with E-state index in [2.05, 4.69) is 5.32 Å². The first-order chi connectivity index (χ1) is 6.74. The molecule has 0 radical (unpaired) electrons. The van der Waals surface area contributed by atoms with Gasteiger partial charge in [0.25, 0.3) is 0 Å². The predicted octanol–water partition coefficient (Wildman–Crippen LogP) is 0.537. The van der Waals surface area contributed by atoms with Crippen LogP contribution in [0.1, 0.15) is 17.2 Å². The molecule has 1 aliphatic rings. The van der Waals surface area contributed by atoms with Gasteiger partial charge in [-0.25, -0.2) is 0 Å². The normalized spacial score (nSPS) is 20.3. The van der Waals surface area contributed by atoms with E-state index in [1.54, 1.807) is 12.1 Å². The molecular weight excluding hydrogens is 182 g/mol. The Bertz CT molecular complexity index is 351. The van der Waals surface area contributed by atoms with Gasteiger partial charge in [-0.2, -0.15) is 0 Å². The van der Waals surface area contributed by atoms with Gasteiger partial charge in [-0.15, -0.1) is 0 Å². The molecule has 76 valence electrons. The number of aromatic hydroxyl groups is 1. The van der Waals surface area contributed by atoms with E-state index in [-0.39, 0.29) is 5.75 Å². The number of benzene rings is 1. The quantitative estimate of drug-likeness (QED) is 0.612. The van der Waals surface area contributed by atoms with Crippen LogP contribution in [0.5, 0.6) is 11.5 Å². The Morgan fingerprint density at radius 3 is 3.00 bits per heavy atom. The number of β-amino-alcohol motifs (C(OH)–C–C–N with tert-alkyl or cyclic N) is 1. The van der Waals surface area contributed by atoms with Gasteiger partial charge in [0.2, 0.25) is 0 Å². The first-order valence-corrected chi connectivity index (χ1v) is 4.51. The van der Waals surface area contributed by atoms with Crippen molar-refractivity contribution in [2.45, 2.75) is 12.6 Å². The summed E-state index contributed by atoms with van der Waals surface area (Å²) < 4.78 is 4.99. The number of ether oxygens (including phenoxy) is 1. The lowest BCUT2D eigenvalue weighted by molar-refractivity contribution is 0.163. The van der Waals surface area contributed by atoms with Crippen molar-refractivity contribution in [2.24, 2.45) is 0 Å². The summed E-state index contributed by atoms with van der Waals surface area (Å²) >= 11 is 0. The number of nitrogens with one attached hydrogen (secondary N) is 1. The minimum atomic E-state index is -0.546. The number of phenols is 1. The second kappa shape index (κ2) is 3.48. The summed E-state index contributed by atoms with van der Waals surface area (Å²) in [6.45, 7) is 1.09. The average Bonchev–Trinajstić information content (AvgIpc) is 2.20. The number of aliphatic hydroxyl groups excluding tert-OH is 1. The van der Waals surface area contributed by atoms with Crippen molar-refractivity contribution in [3.63, 3.8) is 0 Å². The van der Waals surface area contributed by atoms with Crippen molar-refractivity contribution in [3.05, 3.63) is 23.3 Å². The lowest BCUT2D eigenvalue weighted by Gasteiger charge is -2.23. The summed E-state index contributed by atoms with van der Waals surface area (Å²) in [4.78, 5) is 0. The minimum Gasteiger partial charge on any atom is -0.504 e. The fourth-order valence-corrected chi connectivity index (χ4v) is 1.74. The van der Waals surface area contributed by atoms with E-state index in [4.69, 9.17) is 4.74 Å². The molecule has 0 unspecified atom stereocenters. The van der Waals surface area contributed by atoms with Crippen LogP contribution in [0.2, 0.25) is 0 Å². The van der Waals surface area contributed by atoms with E-state index in [1.807, 2.05) is 0 Å². The number of aliphatic hydroxyl groups is 1. The van der Waals surface area contributed by atoms with Crippen molar-refractivity contribution < 1.29 is 14.9 Å². The highest BCUT2D eigenvalue weighted by atomic mass is 16.5. The smallest absolute Gasteiger partial charge is 0.162 e. The maximum atomic E-state index is 9.78. The van der Waals surface area contributed by atoms with Crippen LogP contribution in [0, 0.1) is 0 Å². The number of methoxy groups -OCH3 is 1. The van der Waals surface area contributed by atoms with Crippen LogP contribution in [0.4, 0.5) is 0 Å². The zero-order valence-electron chi connectivity index (χ0n) is 7.95. The average molecular weight is 195 g/mol. The molecule has 0 spiro atoms. The summed E-state index contributed by atoms with van der Waals surface area (Å²) in [6, 6.07) is 3.46. The third-order valence-corrected chi connectivity index (χ3v) is 2.50. The summed E-state index contributed by atoms with van der Waals surface area (Å²) in [6.07, 6.45) is -0.546. The fraction of sp³-hybridized carbons (Fsp3) is 0.400. The predicted molar refractivity (Wildman–Crippen MR) is 51.3 cm³/mol. The Morgan fingerprint density at radius 2 is 2.29 bits per heavy atom. The highest BCUT2D eigenvalue weighted by Crippen LogP contribution is 2.36. The van der Waals surface area contributed by atoms with Gasteiger partial charge in [-0.3, -0.25) is 0 Å². The van der Waals surface area contributed by atoms with Crippen LogP contribution in [-0.2, 0) is 6.54 Å². The number of fused-ring (bicyclic) bond motifs is 1. The van der Waals surface area contributed by atoms with Crippen molar-refractivity contribution in [2.75, 3.05) is 13.7 Å². The number of phenolic OH excluding ortho intramolecular Hbond substituents is 1. The zero-order valence-corrected chi connectivity index (χ0v) is 7.95. The molecule has 1 atom stereocenters. The van der Waals surface area contributed by atoms with E-state index in [0.717, 1.165) is 11.1 Å². The van der Waals surface area contributed by atoms with Crippen molar-refractivity contribution in [1.82, 2.24) is 5.32 Å². The zero-order chi connectivity index (χ0) is 10.1. The monoisotopic (exact) mass is 195 g/mol. The number of hydrogen-bond donors (Lipinski definition) is 3. The highest BCUT2D eigenvalue weighted by Gasteiger charge is 2.21. The lowest BCUT2D eigenvalue weighted by Crippen LogP contribution is -2.28. The van der Waals surface area contributed by atoms with Gasteiger partial charge in [0.1, 0.15) is 0 Å². The Morgan fingerprint density at radius 1 is 1.50 bits per heavy atom. The molecule has 1 aromatic carbocycles. The molecule has 3 N–H and O–H groups in total. The Balaban J connectivity index is 2.52. The largest absolute Gasteiger partial charge is 0.504 e. The van der Waals surface area contributed by atoms with Crippen molar-refractivity contribution >= 4 is 0 Å². The molecule has 0 amide bonds. The summed E-state index contributed by atoms with van der Waals surface area (Å²) in [5, 5.41) is 22.4. The first kappa shape index (κ1) is 9.30. The van der Waals surface area contributed by atoms with Gasteiger partial charge in [0.05, 0.1) is 13.2 Å². The molecule has 1 heterocycles. The highest BCUT2D eigenvalue weighted by molar-refractivity contribution is 5.51. The molecule has 0 fully saturated rings. The minimum absolute atomic E-state index is 0.122. The Kier molecular flexibility index (Phi) is 2.31. The van der Waals surface area contributed by atoms with Gasteiger partial charge in [-0.05, 0) is 11.6 Å². The van der Waals surface area contributed by atoms with Crippen LogP contribution in [0.25, 0.3) is 0 Å². The van der Waals surface area contributed by atoms with Gasteiger partial charge in [0, 0.05) is 18.7 Å². The molecule has 1 aliphatic heterocycles. The third kappa shape index (κ3) is 1.32. The molecular formula is C10H13NO3. The van der Waals surface area contributed by atoms with Crippen LogP contribution < -0.4 is 10.1 Å². The second-order valence-corrected chi connectivity index (χ2v) is 3.33. The molecule has 0 aliphatic carbocycles. The molecule has 1 aromatic rings. The van der Waals surface area contributed by atoms with Crippen LogP contribution >= 0.6 is 0 Å². The Labute approximate surface area is 82.1 Å². The van der Waals surface area contributed by atoms with E-state index in [1.165, 1.54) is 7.11 Å². The topological polar surface area (TPSA) is 61.7 Å². The molecule has 0 bridgehead atoms. The van der Waals surface area contributed by atoms with E-state index in [9.17, 15) is 10.2 Å². The molecule has 4 heteroatoms. The maximum absolute atomic E-state index is 9.78. The van der Waals surface area contributed by atoms with Crippen LogP contribution in [0.15, 0.2) is 12.1 Å². The van der Waals surface area contributed by atoms with Crippen LogP contribution in [-0.4, -0.2) is 23.9 Å². The Hall–Kier alpha value is -1.26. The molecule has 2 rings (SSSR count). The third-order valence-electron chi connectivity index (χ3n) is 2.50. The van der Waals surface area contributed by atoms with Crippen molar-refractivity contribution in [1.29, 1.82) is 0 Å². The summed E-state index contributed by atoms with van der Waals surface area (Å²) in [7, 11) is 1.51. The first-order valence-electron chi connectivity index (χ1n) is 4.51. The molecule has 14 heavy (non-hydrogen) atoms. The van der Waals surface area contributed by atoms with Gasteiger partial charge >= 0.3 is 0 Å². The molecule has 0 aromatic heterocycles. The lowest BCUT2D eigenvalue weighted by atomic mass is 9.97. The fourth-order valence-electron chi connectivity index (χ4n) is 1.74. The van der Waals surface area contributed by atoms with E-state index < -0.39 is 6.10 Å². The van der Waals surface area contributed by atoms with E-state index >= 15 is 0 Å². The van der Waals surface area contributed by atoms with Crippen molar-refractivity contribution in [3.8, 4) is 11.5 Å². The van der Waals surface area contributed by atoms with Crippen LogP contribution in [0.3, 0.4) is 0 Å². The molecule has 0 saturated carbocycles. The summed E-state index contributed by atoms with van der Waals surface area (Å²) in [5.41, 5.74) is 1.50. The maximum Gasteiger partial charge on any atom is 0.162 e. The van der Waals surface area contributed by atoms with Gasteiger partial charge in [-0.1, -0.05) is 6.07 Å². The molecule has 0 saturated heterocycles. The second-order valence-electron chi connectivity index (χ2n) is 3.33. The number of hydrogen-bond acceptors (Lipinski definition) is 4. The standard InChI is InChI=1S/C10H13NO3/c1-14-9-3-2-6-7(10(9)13)4-11-5-8(6)12/h2-3,8,11-13H,4-5H2,1H3/t8-/m1/s1. The SMILES string of the molecule is COc1ccc2c(c1O)CNC[C@H]2O. The summed E-state index contributed by atoms with van der Waals surface area (Å²) in [5.74, 6) is 0.566. The number of rotatable bonds is 1. The van der Waals surface area contributed by atoms with Gasteiger partial charge in [0.15, 0.2) is 11.5 Å².